The summed E-state index contributed by atoms with van der Waals surface area (Å²) < 4.78 is 1.62. The van der Waals surface area contributed by atoms with Gasteiger partial charge in [0.2, 0.25) is 0 Å². The van der Waals surface area contributed by atoms with Gasteiger partial charge in [-0.05, 0) is 0 Å². The molecule has 1 aliphatic rings. The first-order valence-corrected chi connectivity index (χ1v) is 3.86. The summed E-state index contributed by atoms with van der Waals surface area (Å²) in [6.07, 6.45) is 8.58. The molecule has 0 bridgehead atoms. The predicted octanol–water partition coefficient (Wildman–Crippen LogP) is 1.45. The van der Waals surface area contributed by atoms with Crippen molar-refractivity contribution >= 4 is 3.21 Å². The monoisotopic (exact) mass is 170 g/mol. The number of rotatable bonds is 0. The molecule has 0 spiro atoms. The average Bonchev–Trinajstić information content (AvgIpc) is 1.69. The molecular weight excluding hydrogens is 163 g/mol. The zero-order valence-corrected chi connectivity index (χ0v) is 6.73. The van der Waals surface area contributed by atoms with E-state index in [1.54, 1.807) is 27.4 Å². The zero-order valence-electron chi connectivity index (χ0n) is 4.28. The van der Waals surface area contributed by atoms with Crippen molar-refractivity contribution in [3.05, 3.63) is 12.2 Å². The molecular formula is C6H8Zr+2. The molecule has 0 atom stereocenters. The zero-order chi connectivity index (χ0) is 5.11. The summed E-state index contributed by atoms with van der Waals surface area (Å²) in [5.41, 5.74) is 0. The van der Waals surface area contributed by atoms with Crippen LogP contribution in [0.3, 0.4) is 0 Å². The van der Waals surface area contributed by atoms with Crippen LogP contribution in [0.2, 0.25) is 0 Å². The van der Waals surface area contributed by atoms with Gasteiger partial charge >= 0.3 is 58.9 Å². The van der Waals surface area contributed by atoms with Crippen molar-refractivity contribution in [3.63, 3.8) is 0 Å². The third-order valence-corrected chi connectivity index (χ3v) is 2.16. The molecule has 1 rings (SSSR count). The molecule has 0 aromatic heterocycles. The van der Waals surface area contributed by atoms with E-state index < -0.39 is 0 Å². The summed E-state index contributed by atoms with van der Waals surface area (Å²) in [5, 5.41) is 0. The van der Waals surface area contributed by atoms with E-state index >= 15 is 0 Å². The molecule has 34 valence electrons. The third-order valence-electron chi connectivity index (χ3n) is 1.14. The third kappa shape index (κ3) is 1.82. The van der Waals surface area contributed by atoms with Crippen molar-refractivity contribution in [2.24, 2.45) is 0 Å². The molecule has 0 amide bonds. The maximum atomic E-state index is 2.27. The van der Waals surface area contributed by atoms with Crippen LogP contribution < -0.4 is 0 Å². The van der Waals surface area contributed by atoms with Gasteiger partial charge in [-0.25, -0.2) is 0 Å². The first-order chi connectivity index (χ1) is 3.39. The van der Waals surface area contributed by atoms with Crippen LogP contribution in [0.5, 0.6) is 0 Å². The number of hydrogen-bond donors (Lipinski definition) is 0. The SMILES string of the molecule is [Zr+2]=[C]1C=CCCC1. The molecule has 1 heteroatoms. The van der Waals surface area contributed by atoms with Gasteiger partial charge in [0.1, 0.15) is 0 Å². The molecule has 0 unspecified atom stereocenters. The van der Waals surface area contributed by atoms with E-state index in [0.717, 1.165) is 0 Å². The molecule has 0 heterocycles. The van der Waals surface area contributed by atoms with Gasteiger partial charge in [-0.3, -0.25) is 0 Å². The van der Waals surface area contributed by atoms with Gasteiger partial charge in [0.05, 0.1) is 0 Å². The van der Waals surface area contributed by atoms with Crippen LogP contribution in [0.25, 0.3) is 0 Å². The van der Waals surface area contributed by atoms with E-state index in [-0.39, 0.29) is 0 Å². The van der Waals surface area contributed by atoms with Gasteiger partial charge < -0.3 is 0 Å². The van der Waals surface area contributed by atoms with Gasteiger partial charge in [-0.1, -0.05) is 0 Å². The Morgan fingerprint density at radius 1 is 1.57 bits per heavy atom. The Morgan fingerprint density at radius 2 is 2.43 bits per heavy atom. The average molecular weight is 171 g/mol. The second-order valence-corrected chi connectivity index (χ2v) is 3.40. The molecule has 7 heavy (non-hydrogen) atoms. The maximum absolute atomic E-state index is 2.27. The normalized spacial score (nSPS) is 20.6. The Bertz CT molecular complexity index is 103. The van der Waals surface area contributed by atoms with E-state index in [0.29, 0.717) is 0 Å². The molecule has 1 aliphatic carbocycles. The Morgan fingerprint density at radius 3 is 2.71 bits per heavy atom. The molecule has 0 saturated heterocycles. The van der Waals surface area contributed by atoms with Crippen molar-refractivity contribution in [1.82, 2.24) is 0 Å². The summed E-state index contributed by atoms with van der Waals surface area (Å²) in [5.74, 6) is 0. The molecule has 0 fully saturated rings. The fourth-order valence-electron chi connectivity index (χ4n) is 0.719. The van der Waals surface area contributed by atoms with E-state index in [2.05, 4.69) is 12.2 Å². The molecule has 0 nitrogen and oxygen atoms in total. The van der Waals surface area contributed by atoms with Crippen LogP contribution in [0, 0.1) is 0 Å². The summed E-state index contributed by atoms with van der Waals surface area (Å²) in [7, 11) is 0. The standard InChI is InChI=1S/C6H8.Zr/c1-2-4-6-5-3-1;/h1-2H,3,5-6H2;/q;+2. The van der Waals surface area contributed by atoms with Gasteiger partial charge in [0.25, 0.3) is 0 Å². The summed E-state index contributed by atoms with van der Waals surface area (Å²) in [4.78, 5) is 0. The van der Waals surface area contributed by atoms with Gasteiger partial charge in [-0.15, -0.1) is 0 Å². The summed E-state index contributed by atoms with van der Waals surface area (Å²) >= 11 is 1.60. The fraction of sp³-hybridized carbons (Fsp3) is 0.500. The topological polar surface area (TPSA) is 0 Å². The Kier molecular flexibility index (Phi) is 2.18. The Labute approximate surface area is 58.9 Å². The van der Waals surface area contributed by atoms with Crippen molar-refractivity contribution in [3.8, 4) is 0 Å². The van der Waals surface area contributed by atoms with E-state index in [9.17, 15) is 0 Å². The van der Waals surface area contributed by atoms with Crippen LogP contribution in [0.1, 0.15) is 19.3 Å². The van der Waals surface area contributed by atoms with Crippen LogP contribution in [0.4, 0.5) is 0 Å². The van der Waals surface area contributed by atoms with Crippen molar-refractivity contribution in [2.45, 2.75) is 19.3 Å². The second kappa shape index (κ2) is 2.72. The minimum atomic E-state index is 1.30. The molecule has 0 aromatic rings. The van der Waals surface area contributed by atoms with E-state index in [4.69, 9.17) is 0 Å². The Balaban J connectivity index is 2.51. The van der Waals surface area contributed by atoms with Gasteiger partial charge in [0.15, 0.2) is 0 Å². The van der Waals surface area contributed by atoms with Gasteiger partial charge in [0, 0.05) is 0 Å². The van der Waals surface area contributed by atoms with Crippen molar-refractivity contribution in [2.75, 3.05) is 0 Å². The number of hydrogen-bond acceptors (Lipinski definition) is 0. The molecule has 0 N–H and O–H groups in total. The molecule has 0 aromatic carbocycles. The number of allylic oxidation sites excluding steroid dienone is 2. The predicted molar refractivity (Wildman–Crippen MR) is 28.0 cm³/mol. The van der Waals surface area contributed by atoms with Crippen LogP contribution >= 0.6 is 0 Å². The van der Waals surface area contributed by atoms with Gasteiger partial charge in [-0.2, -0.15) is 0 Å². The first-order valence-electron chi connectivity index (χ1n) is 2.63. The molecule has 0 saturated carbocycles. The van der Waals surface area contributed by atoms with Crippen LogP contribution in [-0.4, -0.2) is 3.21 Å². The fourth-order valence-corrected chi connectivity index (χ4v) is 1.44. The summed E-state index contributed by atoms with van der Waals surface area (Å²) in [6, 6.07) is 0. The molecule has 0 aliphatic heterocycles. The second-order valence-electron chi connectivity index (χ2n) is 1.82. The quantitative estimate of drug-likeness (QED) is 0.517. The van der Waals surface area contributed by atoms with Crippen molar-refractivity contribution in [1.29, 1.82) is 0 Å². The van der Waals surface area contributed by atoms with E-state index in [1.165, 1.54) is 19.3 Å². The first kappa shape index (κ1) is 5.63. The summed E-state index contributed by atoms with van der Waals surface area (Å²) in [6.45, 7) is 0. The van der Waals surface area contributed by atoms with Crippen LogP contribution in [-0.2, 0) is 24.2 Å². The Hall–Kier alpha value is 0.493. The van der Waals surface area contributed by atoms with E-state index in [1.807, 2.05) is 0 Å². The van der Waals surface area contributed by atoms with Crippen molar-refractivity contribution < 1.29 is 24.2 Å². The molecule has 0 radical (unpaired) electrons. The minimum absolute atomic E-state index is 1.30. The van der Waals surface area contributed by atoms with Crippen LogP contribution in [0.15, 0.2) is 12.2 Å².